The molecule has 1 unspecified atom stereocenters. The Labute approximate surface area is 175 Å². The Balaban J connectivity index is 1.98. The Hall–Kier alpha value is -2.87. The van der Waals surface area contributed by atoms with E-state index in [1.165, 1.54) is 6.42 Å². The first kappa shape index (κ1) is 21.8. The predicted octanol–water partition coefficient (Wildman–Crippen LogP) is 3.42. The maximum absolute atomic E-state index is 13.1. The van der Waals surface area contributed by atoms with Crippen molar-refractivity contribution in [3.8, 4) is 11.5 Å². The lowest BCUT2D eigenvalue weighted by atomic mass is 9.94. The van der Waals surface area contributed by atoms with Crippen molar-refractivity contribution in [1.82, 2.24) is 4.48 Å². The molecule has 0 aromatic heterocycles. The Kier molecular flexibility index (Phi) is 6.77. The number of hydrogen-bond acceptors (Lipinski definition) is 6. The minimum absolute atomic E-state index is 0.0799. The van der Waals surface area contributed by atoms with Gasteiger partial charge in [0.1, 0.15) is 6.20 Å². The van der Waals surface area contributed by atoms with Gasteiger partial charge in [0.2, 0.25) is 12.6 Å². The van der Waals surface area contributed by atoms with Crippen LogP contribution in [0.2, 0.25) is 0 Å². The van der Waals surface area contributed by atoms with Crippen molar-refractivity contribution in [2.75, 3.05) is 26.5 Å². The van der Waals surface area contributed by atoms with Crippen molar-refractivity contribution in [2.24, 2.45) is 0 Å². The summed E-state index contributed by atoms with van der Waals surface area (Å²) in [7, 11) is 0. The summed E-state index contributed by atoms with van der Waals surface area (Å²) in [5.41, 5.74) is 0.981. The van der Waals surface area contributed by atoms with Gasteiger partial charge in [-0.05, 0) is 19.8 Å². The average molecular weight is 418 g/mol. The molecule has 30 heavy (non-hydrogen) atoms. The maximum Gasteiger partial charge on any atom is 0.348 e. The summed E-state index contributed by atoms with van der Waals surface area (Å²) in [6.45, 7) is 4.76. The van der Waals surface area contributed by atoms with Crippen molar-refractivity contribution in [3.05, 3.63) is 29.5 Å². The highest BCUT2D eigenvalue weighted by molar-refractivity contribution is 6.27. The molecule has 8 heteroatoms. The second-order valence-corrected chi connectivity index (χ2v) is 7.55. The number of Topliss-reactive ketones (excluding diaryl/α,β-unsaturated/α-hetero) is 1. The van der Waals surface area contributed by atoms with Crippen LogP contribution in [0.4, 0.5) is 5.69 Å². The number of carbonyl (C=O) groups is 3. The summed E-state index contributed by atoms with van der Waals surface area (Å²) in [5, 5.41) is 8.81. The standard InChI is InChI=1S/C22H27NO7/c1-3-5-6-7-8-9-23(4-2)12-16(22(27)28-13-20(24)25)21(26)15-10-18-19(11-17(15)23)30-14-29-18/h10-12H,3-9,13-14H2,1-2H3/p+1. The van der Waals surface area contributed by atoms with Gasteiger partial charge in [-0.2, -0.15) is 0 Å². The molecule has 1 atom stereocenters. The number of benzene rings is 1. The largest absolute Gasteiger partial charge is 0.479 e. The third-order valence-electron chi connectivity index (χ3n) is 5.61. The number of quaternary nitrogens is 1. The number of carboxylic acids is 1. The van der Waals surface area contributed by atoms with E-state index in [9.17, 15) is 14.4 Å². The molecule has 0 radical (unpaired) electrons. The van der Waals surface area contributed by atoms with E-state index in [4.69, 9.17) is 19.3 Å². The number of carboxylic acid groups (broad SMARTS) is 1. The number of nitrogens with zero attached hydrogens (tertiary/aromatic N) is 1. The van der Waals surface area contributed by atoms with E-state index in [1.807, 2.05) is 13.0 Å². The number of hydrogen-bond donors (Lipinski definition) is 1. The van der Waals surface area contributed by atoms with Gasteiger partial charge in [0.25, 0.3) is 0 Å². The molecule has 8 nitrogen and oxygen atoms in total. The van der Waals surface area contributed by atoms with Crippen LogP contribution < -0.4 is 14.0 Å². The number of aliphatic carboxylic acids is 1. The molecule has 0 bridgehead atoms. The fourth-order valence-electron chi connectivity index (χ4n) is 3.95. The Morgan fingerprint density at radius 2 is 1.80 bits per heavy atom. The first-order valence-electron chi connectivity index (χ1n) is 10.4. The van der Waals surface area contributed by atoms with E-state index in [2.05, 4.69) is 6.92 Å². The molecule has 1 N–H and O–H groups in total. The van der Waals surface area contributed by atoms with E-state index in [0.717, 1.165) is 31.4 Å². The van der Waals surface area contributed by atoms with Gasteiger partial charge < -0.3 is 19.3 Å². The third-order valence-corrected chi connectivity index (χ3v) is 5.61. The normalized spacial score (nSPS) is 19.3. The molecule has 2 aliphatic rings. The molecule has 2 aliphatic heterocycles. The van der Waals surface area contributed by atoms with Crippen molar-refractivity contribution < 1.29 is 33.7 Å². The second kappa shape index (κ2) is 9.30. The number of ether oxygens (including phenoxy) is 3. The molecule has 0 aliphatic carbocycles. The quantitative estimate of drug-likeness (QED) is 0.269. The van der Waals surface area contributed by atoms with Crippen molar-refractivity contribution in [1.29, 1.82) is 0 Å². The molecule has 0 saturated carbocycles. The number of esters is 1. The molecule has 0 fully saturated rings. The zero-order valence-corrected chi connectivity index (χ0v) is 17.4. The highest BCUT2D eigenvalue weighted by Crippen LogP contribution is 2.44. The predicted molar refractivity (Wildman–Crippen MR) is 110 cm³/mol. The topological polar surface area (TPSA) is 99.1 Å². The van der Waals surface area contributed by atoms with Crippen LogP contribution >= 0.6 is 0 Å². The molecule has 0 amide bonds. The van der Waals surface area contributed by atoms with Crippen molar-refractivity contribution in [3.63, 3.8) is 0 Å². The summed E-state index contributed by atoms with van der Waals surface area (Å²) in [4.78, 5) is 36.4. The first-order valence-corrected chi connectivity index (χ1v) is 10.4. The number of unbranched alkanes of at least 4 members (excludes halogenated alkanes) is 4. The monoisotopic (exact) mass is 418 g/mol. The van der Waals surface area contributed by atoms with Gasteiger partial charge in [0, 0.05) is 12.1 Å². The smallest absolute Gasteiger partial charge is 0.348 e. The van der Waals surface area contributed by atoms with Crippen molar-refractivity contribution in [2.45, 2.75) is 46.0 Å². The zero-order valence-electron chi connectivity index (χ0n) is 17.4. The Morgan fingerprint density at radius 1 is 1.10 bits per heavy atom. The number of carbonyl (C=O) groups excluding carboxylic acids is 2. The van der Waals surface area contributed by atoms with E-state index in [0.29, 0.717) is 34.6 Å². The lowest BCUT2D eigenvalue weighted by Crippen LogP contribution is -2.49. The molecule has 1 aromatic carbocycles. The van der Waals surface area contributed by atoms with Gasteiger partial charge >= 0.3 is 11.9 Å². The van der Waals surface area contributed by atoms with Crippen LogP contribution in [0.1, 0.15) is 56.3 Å². The summed E-state index contributed by atoms with van der Waals surface area (Å²) in [6, 6.07) is 3.43. The Bertz CT molecular complexity index is 876. The molecule has 0 saturated heterocycles. The van der Waals surface area contributed by atoms with Crippen LogP contribution in [-0.4, -0.2) is 49.3 Å². The summed E-state index contributed by atoms with van der Waals surface area (Å²) >= 11 is 0. The molecule has 2 heterocycles. The lowest BCUT2D eigenvalue weighted by molar-refractivity contribution is -0.152. The average Bonchev–Trinajstić information content (AvgIpc) is 3.20. The molecule has 3 rings (SSSR count). The van der Waals surface area contributed by atoms with Gasteiger partial charge in [-0.25, -0.2) is 9.59 Å². The maximum atomic E-state index is 13.1. The van der Waals surface area contributed by atoms with Crippen LogP contribution in [0.15, 0.2) is 23.9 Å². The van der Waals surface area contributed by atoms with Crippen molar-refractivity contribution >= 4 is 23.4 Å². The molecule has 162 valence electrons. The summed E-state index contributed by atoms with van der Waals surface area (Å²) < 4.78 is 16.0. The van der Waals surface area contributed by atoms with E-state index in [-0.39, 0.29) is 12.4 Å². The minimum atomic E-state index is -1.27. The van der Waals surface area contributed by atoms with E-state index in [1.54, 1.807) is 12.3 Å². The molecule has 1 aromatic rings. The number of rotatable bonds is 10. The van der Waals surface area contributed by atoms with Crippen LogP contribution in [0.25, 0.3) is 0 Å². The fraction of sp³-hybridized carbons (Fsp3) is 0.500. The number of fused-ring (bicyclic) bond motifs is 2. The highest BCUT2D eigenvalue weighted by Gasteiger charge is 2.43. The van der Waals surface area contributed by atoms with E-state index >= 15 is 0 Å². The van der Waals surface area contributed by atoms with Crippen LogP contribution in [0.5, 0.6) is 11.5 Å². The van der Waals surface area contributed by atoms with Crippen LogP contribution in [0, 0.1) is 0 Å². The zero-order chi connectivity index (χ0) is 21.7. The van der Waals surface area contributed by atoms with Gasteiger partial charge in [-0.3, -0.25) is 9.28 Å². The summed E-state index contributed by atoms with van der Waals surface area (Å²) in [6.07, 6.45) is 7.04. The lowest BCUT2D eigenvalue weighted by Gasteiger charge is -2.37. The van der Waals surface area contributed by atoms with Gasteiger partial charge in [-0.1, -0.05) is 26.2 Å². The SMILES string of the molecule is CCCCCCC[N+]1(CC)C=C(C(=O)OCC(=O)O)C(=O)c2cc3c(cc21)OCO3. The van der Waals surface area contributed by atoms with Gasteiger partial charge in [0.05, 0.1) is 18.7 Å². The molecule has 0 spiro atoms. The fourth-order valence-corrected chi connectivity index (χ4v) is 3.95. The second-order valence-electron chi connectivity index (χ2n) is 7.55. The minimum Gasteiger partial charge on any atom is -0.479 e. The van der Waals surface area contributed by atoms with E-state index < -0.39 is 24.3 Å². The first-order chi connectivity index (χ1) is 14.4. The van der Waals surface area contributed by atoms with Gasteiger partial charge in [-0.15, -0.1) is 0 Å². The number of ketones is 1. The van der Waals surface area contributed by atoms with Gasteiger partial charge in [0.15, 0.2) is 29.4 Å². The Morgan fingerprint density at radius 3 is 2.47 bits per heavy atom. The van der Waals surface area contributed by atoms with Crippen LogP contribution in [-0.2, 0) is 14.3 Å². The third kappa shape index (κ3) is 4.33. The molecular formula is C22H28NO7+. The molecular weight excluding hydrogens is 390 g/mol. The summed E-state index contributed by atoms with van der Waals surface area (Å²) in [5.74, 6) is -1.66. The van der Waals surface area contributed by atoms with Crippen LogP contribution in [0.3, 0.4) is 0 Å². The highest BCUT2D eigenvalue weighted by atomic mass is 16.7.